The van der Waals surface area contributed by atoms with E-state index in [0.29, 0.717) is 5.92 Å². The van der Waals surface area contributed by atoms with Gasteiger partial charge in [0.05, 0.1) is 16.7 Å². The smallest absolute Gasteiger partial charge is 0.253 e. The van der Waals surface area contributed by atoms with E-state index in [-0.39, 0.29) is 5.91 Å². The summed E-state index contributed by atoms with van der Waals surface area (Å²) in [4.78, 5) is 20.6. The zero-order valence-corrected chi connectivity index (χ0v) is 21.1. The molecule has 184 valence electrons. The summed E-state index contributed by atoms with van der Waals surface area (Å²) in [5.74, 6) is 3.41. The van der Waals surface area contributed by atoms with Crippen LogP contribution in [0.15, 0.2) is 60.7 Å². The minimum absolute atomic E-state index is 0.165. The summed E-state index contributed by atoms with van der Waals surface area (Å²) in [5.41, 5.74) is 6.36. The molecular formula is C31H34N4O. The van der Waals surface area contributed by atoms with Gasteiger partial charge in [0.15, 0.2) is 5.82 Å². The zero-order chi connectivity index (χ0) is 24.2. The second-order valence-electron chi connectivity index (χ2n) is 11.2. The number of likely N-dealkylation sites (tertiary alicyclic amines) is 1. The van der Waals surface area contributed by atoms with Crippen LogP contribution >= 0.6 is 0 Å². The molecule has 1 aliphatic heterocycles. The molecular weight excluding hydrogens is 444 g/mol. The van der Waals surface area contributed by atoms with Gasteiger partial charge in [-0.15, -0.1) is 0 Å². The topological polar surface area (TPSA) is 43.1 Å². The van der Waals surface area contributed by atoms with E-state index in [1.165, 1.54) is 43.4 Å². The number of piperidine rings is 1. The molecule has 2 aromatic heterocycles. The van der Waals surface area contributed by atoms with Crippen molar-refractivity contribution in [2.75, 3.05) is 13.1 Å². The third-order valence-electron chi connectivity index (χ3n) is 8.87. The van der Waals surface area contributed by atoms with Crippen LogP contribution in [0.2, 0.25) is 0 Å². The van der Waals surface area contributed by atoms with Gasteiger partial charge in [0, 0.05) is 37.9 Å². The van der Waals surface area contributed by atoms with E-state index in [2.05, 4.69) is 69.6 Å². The fraction of sp³-hybridized carbons (Fsp3) is 0.419. The molecule has 3 aliphatic rings. The van der Waals surface area contributed by atoms with Crippen LogP contribution in [0.1, 0.15) is 48.9 Å². The van der Waals surface area contributed by atoms with Crippen LogP contribution in [0.5, 0.6) is 0 Å². The summed E-state index contributed by atoms with van der Waals surface area (Å²) >= 11 is 0. The van der Waals surface area contributed by atoms with Gasteiger partial charge in [0.1, 0.15) is 0 Å². The van der Waals surface area contributed by atoms with Gasteiger partial charge in [-0.05, 0) is 79.3 Å². The van der Waals surface area contributed by atoms with E-state index in [9.17, 15) is 4.79 Å². The maximum Gasteiger partial charge on any atom is 0.253 e. The third-order valence-corrected chi connectivity index (χ3v) is 8.87. The molecule has 0 spiro atoms. The zero-order valence-electron chi connectivity index (χ0n) is 21.1. The van der Waals surface area contributed by atoms with Crippen LogP contribution in [0.4, 0.5) is 0 Å². The molecule has 2 aromatic carbocycles. The minimum Gasteiger partial charge on any atom is -0.338 e. The molecule has 2 saturated carbocycles. The van der Waals surface area contributed by atoms with Crippen molar-refractivity contribution in [2.24, 2.45) is 24.8 Å². The first-order valence-corrected chi connectivity index (χ1v) is 13.7. The van der Waals surface area contributed by atoms with E-state index in [4.69, 9.17) is 4.98 Å². The summed E-state index contributed by atoms with van der Waals surface area (Å²) < 4.78 is 4.63. The Morgan fingerprint density at radius 1 is 0.917 bits per heavy atom. The maximum atomic E-state index is 13.4. The molecule has 1 saturated heterocycles. The minimum atomic E-state index is 0.165. The molecule has 2 atom stereocenters. The van der Waals surface area contributed by atoms with E-state index >= 15 is 0 Å². The van der Waals surface area contributed by atoms with Crippen molar-refractivity contribution in [3.8, 4) is 22.8 Å². The number of hydrogen-bond acceptors (Lipinski definition) is 2. The molecule has 2 aliphatic carbocycles. The lowest BCUT2D eigenvalue weighted by Crippen LogP contribution is -2.42. The fourth-order valence-electron chi connectivity index (χ4n) is 6.64. The first-order valence-electron chi connectivity index (χ1n) is 13.7. The third kappa shape index (κ3) is 3.76. The van der Waals surface area contributed by atoms with Crippen LogP contribution in [-0.4, -0.2) is 38.0 Å². The Hall–Kier alpha value is -3.34. The van der Waals surface area contributed by atoms with Crippen molar-refractivity contribution in [2.45, 2.75) is 45.1 Å². The lowest BCUT2D eigenvalue weighted by molar-refractivity contribution is 0.0627. The van der Waals surface area contributed by atoms with Crippen molar-refractivity contribution in [1.82, 2.24) is 19.0 Å². The van der Waals surface area contributed by atoms with Gasteiger partial charge >= 0.3 is 0 Å². The molecule has 1 amide bonds. The number of carbonyl (C=O) groups is 1. The highest BCUT2D eigenvalue weighted by atomic mass is 16.2. The van der Waals surface area contributed by atoms with Crippen molar-refractivity contribution in [3.05, 3.63) is 66.2 Å². The van der Waals surface area contributed by atoms with Crippen molar-refractivity contribution < 1.29 is 4.79 Å². The van der Waals surface area contributed by atoms with Gasteiger partial charge < -0.3 is 14.0 Å². The van der Waals surface area contributed by atoms with Crippen molar-refractivity contribution >= 4 is 16.9 Å². The van der Waals surface area contributed by atoms with Crippen LogP contribution in [0.3, 0.4) is 0 Å². The average molecular weight is 479 g/mol. The van der Waals surface area contributed by atoms with Crippen LogP contribution in [0.25, 0.3) is 33.8 Å². The van der Waals surface area contributed by atoms with E-state index in [1.807, 2.05) is 12.1 Å². The molecule has 7 rings (SSSR count). The molecule has 0 bridgehead atoms. The number of hydrogen-bond donors (Lipinski definition) is 0. The quantitative estimate of drug-likeness (QED) is 0.334. The second-order valence-corrected chi connectivity index (χ2v) is 11.2. The van der Waals surface area contributed by atoms with Gasteiger partial charge in [-0.1, -0.05) is 43.2 Å². The Bertz CT molecular complexity index is 1430. The van der Waals surface area contributed by atoms with E-state index < -0.39 is 0 Å². The molecule has 0 radical (unpaired) electrons. The molecule has 5 nitrogen and oxygen atoms in total. The van der Waals surface area contributed by atoms with E-state index in [0.717, 1.165) is 66.0 Å². The van der Waals surface area contributed by atoms with E-state index in [1.54, 1.807) is 0 Å². The van der Waals surface area contributed by atoms with Crippen molar-refractivity contribution in [1.29, 1.82) is 0 Å². The van der Waals surface area contributed by atoms with Gasteiger partial charge in [-0.3, -0.25) is 4.79 Å². The van der Waals surface area contributed by atoms with Crippen LogP contribution in [-0.2, 0) is 13.6 Å². The predicted molar refractivity (Wildman–Crippen MR) is 144 cm³/mol. The van der Waals surface area contributed by atoms with Gasteiger partial charge in [-0.2, -0.15) is 0 Å². The molecule has 4 aromatic rings. The molecule has 36 heavy (non-hydrogen) atoms. The highest BCUT2D eigenvalue weighted by molar-refractivity contribution is 5.98. The van der Waals surface area contributed by atoms with Crippen LogP contribution < -0.4 is 0 Å². The Labute approximate surface area is 212 Å². The highest BCUT2D eigenvalue weighted by Gasteiger charge is 2.35. The maximum absolute atomic E-state index is 13.4. The number of benzene rings is 2. The summed E-state index contributed by atoms with van der Waals surface area (Å²) in [6.45, 7) is 2.84. The largest absolute Gasteiger partial charge is 0.338 e. The van der Waals surface area contributed by atoms with Gasteiger partial charge in [0.2, 0.25) is 0 Å². The SMILES string of the molecule is Cn1c(-c2ccc(-c3ccccc3)n2CC2CC2)nc2cc(C(=O)N3CC[C@H]4CCC[C@H]4C3)ccc21. The molecule has 0 unspecified atom stereocenters. The Balaban J connectivity index is 1.23. The number of rotatable bonds is 5. The van der Waals surface area contributed by atoms with Gasteiger partial charge in [0.25, 0.3) is 5.91 Å². The number of carbonyl (C=O) groups excluding carboxylic acids is 1. The first kappa shape index (κ1) is 21.9. The van der Waals surface area contributed by atoms with Gasteiger partial charge in [-0.25, -0.2) is 4.98 Å². The number of imidazole rings is 1. The predicted octanol–water partition coefficient (Wildman–Crippen LogP) is 6.38. The lowest BCUT2D eigenvalue weighted by atomic mass is 9.88. The first-order chi connectivity index (χ1) is 17.7. The summed E-state index contributed by atoms with van der Waals surface area (Å²) in [5, 5.41) is 0. The monoisotopic (exact) mass is 478 g/mol. The fourth-order valence-corrected chi connectivity index (χ4v) is 6.64. The molecule has 0 N–H and O–H groups in total. The molecule has 5 heteroatoms. The Kier molecular flexibility index (Phi) is 5.26. The summed E-state index contributed by atoms with van der Waals surface area (Å²) in [6, 6.07) is 21.2. The van der Waals surface area contributed by atoms with Crippen molar-refractivity contribution in [3.63, 3.8) is 0 Å². The Morgan fingerprint density at radius 2 is 1.72 bits per heavy atom. The second kappa shape index (κ2) is 8.65. The highest BCUT2D eigenvalue weighted by Crippen LogP contribution is 2.39. The molecule has 3 fully saturated rings. The number of nitrogens with zero attached hydrogens (tertiary/aromatic N) is 4. The average Bonchev–Trinajstić information content (AvgIpc) is 3.30. The Morgan fingerprint density at radius 3 is 2.56 bits per heavy atom. The summed E-state index contributed by atoms with van der Waals surface area (Å²) in [6.07, 6.45) is 7.73. The number of aryl methyl sites for hydroxylation is 1. The lowest BCUT2D eigenvalue weighted by Gasteiger charge is -2.35. The van der Waals surface area contributed by atoms with Crippen LogP contribution in [0, 0.1) is 17.8 Å². The summed E-state index contributed by atoms with van der Waals surface area (Å²) in [7, 11) is 2.09. The standard InChI is InChI=1S/C31H34N4O/c1-33-28-13-12-24(31(36)34-17-16-22-8-5-9-25(22)20-34)18-26(28)32-30(33)29-15-14-27(23-6-3-2-4-7-23)35(29)19-21-10-11-21/h2-4,6-7,12-15,18,21-22,25H,5,8-11,16-17,19-20H2,1H3/t22-,25+/m1/s1. The molecule has 3 heterocycles. The number of amides is 1. The number of fused-ring (bicyclic) bond motifs is 2. The number of aromatic nitrogens is 3. The normalized spacial score (nSPS) is 21.8.